The van der Waals surface area contributed by atoms with E-state index in [2.05, 4.69) is 17.0 Å². The molecule has 166 valence electrons. The van der Waals surface area contributed by atoms with Crippen molar-refractivity contribution in [2.24, 2.45) is 5.92 Å². The third-order valence-corrected chi connectivity index (χ3v) is 8.30. The SMILES string of the molecule is COc1ccc(CC2CCN(CCCN3CC(=O)c4ccccc4S3(=O)=O)CC2)cc1. The first kappa shape index (κ1) is 22.0. The number of hydrogen-bond acceptors (Lipinski definition) is 5. The number of carbonyl (C=O) groups excluding carboxylic acids is 1. The van der Waals surface area contributed by atoms with Crippen LogP contribution in [0.4, 0.5) is 0 Å². The van der Waals surface area contributed by atoms with Gasteiger partial charge in [0.1, 0.15) is 5.75 Å². The van der Waals surface area contributed by atoms with Gasteiger partial charge in [-0.3, -0.25) is 4.79 Å². The number of benzene rings is 2. The quantitative estimate of drug-likeness (QED) is 0.659. The molecule has 2 heterocycles. The van der Waals surface area contributed by atoms with Crippen LogP contribution in [0.2, 0.25) is 0 Å². The van der Waals surface area contributed by atoms with E-state index in [-0.39, 0.29) is 17.2 Å². The zero-order valence-corrected chi connectivity index (χ0v) is 18.8. The largest absolute Gasteiger partial charge is 0.497 e. The highest BCUT2D eigenvalue weighted by Gasteiger charge is 2.35. The maximum absolute atomic E-state index is 12.8. The summed E-state index contributed by atoms with van der Waals surface area (Å²) in [6.07, 6.45) is 4.13. The number of hydrogen-bond donors (Lipinski definition) is 0. The lowest BCUT2D eigenvalue weighted by Crippen LogP contribution is -2.42. The second-order valence-corrected chi connectivity index (χ2v) is 10.4. The molecule has 0 radical (unpaired) electrons. The first-order chi connectivity index (χ1) is 15.0. The van der Waals surface area contributed by atoms with Crippen molar-refractivity contribution >= 4 is 15.8 Å². The van der Waals surface area contributed by atoms with Crippen molar-refractivity contribution in [3.8, 4) is 5.75 Å². The lowest BCUT2D eigenvalue weighted by atomic mass is 9.90. The summed E-state index contributed by atoms with van der Waals surface area (Å²) in [6, 6.07) is 14.8. The molecule has 1 fully saturated rings. The molecule has 2 aromatic rings. The van der Waals surface area contributed by atoms with Crippen molar-refractivity contribution < 1.29 is 17.9 Å². The molecule has 6 nitrogen and oxygen atoms in total. The summed E-state index contributed by atoms with van der Waals surface area (Å²) in [5, 5.41) is 0. The molecule has 2 aromatic carbocycles. The van der Waals surface area contributed by atoms with Crippen molar-refractivity contribution in [3.63, 3.8) is 0 Å². The average Bonchev–Trinajstić information content (AvgIpc) is 2.79. The number of nitrogens with zero attached hydrogens (tertiary/aromatic N) is 2. The Morgan fingerprint density at radius 2 is 1.71 bits per heavy atom. The van der Waals surface area contributed by atoms with Crippen LogP contribution in [0, 0.1) is 5.92 Å². The highest BCUT2D eigenvalue weighted by Crippen LogP contribution is 2.27. The lowest BCUT2D eigenvalue weighted by molar-refractivity contribution is 0.0953. The van der Waals surface area contributed by atoms with Crippen molar-refractivity contribution in [1.29, 1.82) is 0 Å². The molecule has 1 saturated heterocycles. The third kappa shape index (κ3) is 5.00. The van der Waals surface area contributed by atoms with Crippen molar-refractivity contribution in [3.05, 3.63) is 59.7 Å². The number of carbonyl (C=O) groups is 1. The van der Waals surface area contributed by atoms with E-state index >= 15 is 0 Å². The van der Waals surface area contributed by atoms with E-state index < -0.39 is 10.0 Å². The fourth-order valence-electron chi connectivity index (χ4n) is 4.57. The summed E-state index contributed by atoms with van der Waals surface area (Å²) < 4.78 is 32.2. The first-order valence-electron chi connectivity index (χ1n) is 10.9. The summed E-state index contributed by atoms with van der Waals surface area (Å²) in [6.45, 7) is 3.26. The minimum Gasteiger partial charge on any atom is -0.497 e. The van der Waals surface area contributed by atoms with Crippen LogP contribution in [-0.2, 0) is 16.4 Å². The van der Waals surface area contributed by atoms with Gasteiger partial charge < -0.3 is 9.64 Å². The standard InChI is InChI=1S/C24H30N2O4S/c1-30-21-9-7-19(8-10-21)17-20-11-15-25(16-12-20)13-4-14-26-18-23(27)22-5-2-3-6-24(22)31(26,28)29/h2-3,5-10,20H,4,11-18H2,1H3. The topological polar surface area (TPSA) is 66.9 Å². The number of methoxy groups -OCH3 is 1. The maximum Gasteiger partial charge on any atom is 0.244 e. The predicted molar refractivity (Wildman–Crippen MR) is 120 cm³/mol. The van der Waals surface area contributed by atoms with E-state index in [9.17, 15) is 13.2 Å². The summed E-state index contributed by atoms with van der Waals surface area (Å²) in [5.41, 5.74) is 1.66. The highest BCUT2D eigenvalue weighted by atomic mass is 32.2. The summed E-state index contributed by atoms with van der Waals surface area (Å²) in [7, 11) is -1.90. The Morgan fingerprint density at radius 1 is 1.00 bits per heavy atom. The molecular weight excluding hydrogens is 412 g/mol. The first-order valence-corrected chi connectivity index (χ1v) is 12.4. The normalized spacial score (nSPS) is 19.8. The molecule has 0 aromatic heterocycles. The zero-order chi connectivity index (χ0) is 21.8. The highest BCUT2D eigenvalue weighted by molar-refractivity contribution is 7.89. The fourth-order valence-corrected chi connectivity index (χ4v) is 6.22. The average molecular weight is 443 g/mol. The van der Waals surface area contributed by atoms with E-state index in [0.29, 0.717) is 18.0 Å². The molecule has 0 amide bonds. The molecule has 0 N–H and O–H groups in total. The van der Waals surface area contributed by atoms with Gasteiger partial charge in [0, 0.05) is 12.1 Å². The van der Waals surface area contributed by atoms with E-state index in [1.807, 2.05) is 12.1 Å². The molecule has 0 spiro atoms. The van der Waals surface area contributed by atoms with Gasteiger partial charge in [0.05, 0.1) is 18.6 Å². The Hall–Kier alpha value is -2.22. The molecule has 0 bridgehead atoms. The van der Waals surface area contributed by atoms with Gasteiger partial charge in [-0.2, -0.15) is 4.31 Å². The van der Waals surface area contributed by atoms with Crippen LogP contribution in [0.3, 0.4) is 0 Å². The van der Waals surface area contributed by atoms with Crippen LogP contribution >= 0.6 is 0 Å². The molecule has 0 saturated carbocycles. The van der Waals surface area contributed by atoms with Crippen LogP contribution in [0.1, 0.15) is 35.2 Å². The second-order valence-electron chi connectivity index (χ2n) is 8.45. The molecule has 2 aliphatic rings. The summed E-state index contributed by atoms with van der Waals surface area (Å²) in [4.78, 5) is 14.9. The van der Waals surface area contributed by atoms with Crippen molar-refractivity contribution in [2.75, 3.05) is 39.8 Å². The van der Waals surface area contributed by atoms with Crippen molar-refractivity contribution in [1.82, 2.24) is 9.21 Å². The van der Waals surface area contributed by atoms with Crippen LogP contribution in [0.15, 0.2) is 53.4 Å². The van der Waals surface area contributed by atoms with E-state index in [1.165, 1.54) is 15.9 Å². The fraction of sp³-hybridized carbons (Fsp3) is 0.458. The molecule has 4 rings (SSSR count). The lowest BCUT2D eigenvalue weighted by Gasteiger charge is -2.33. The molecule has 2 aliphatic heterocycles. The molecule has 0 unspecified atom stereocenters. The Balaban J connectivity index is 1.24. The van der Waals surface area contributed by atoms with Gasteiger partial charge in [-0.1, -0.05) is 24.3 Å². The van der Waals surface area contributed by atoms with Crippen LogP contribution < -0.4 is 4.74 Å². The Morgan fingerprint density at radius 3 is 2.42 bits per heavy atom. The minimum absolute atomic E-state index is 0.0523. The van der Waals surface area contributed by atoms with Crippen LogP contribution in [0.25, 0.3) is 0 Å². The van der Waals surface area contributed by atoms with E-state index in [4.69, 9.17) is 4.74 Å². The molecule has 31 heavy (non-hydrogen) atoms. The number of piperidine rings is 1. The number of Topliss-reactive ketones (excluding diaryl/α,β-unsaturated/α-hetero) is 1. The van der Waals surface area contributed by atoms with Gasteiger partial charge in [-0.25, -0.2) is 8.42 Å². The number of likely N-dealkylation sites (tertiary alicyclic amines) is 1. The summed E-state index contributed by atoms with van der Waals surface area (Å²) >= 11 is 0. The second kappa shape index (κ2) is 9.51. The number of ether oxygens (including phenoxy) is 1. The van der Waals surface area contributed by atoms with Gasteiger partial charge in [0.25, 0.3) is 0 Å². The number of ketones is 1. The number of sulfonamides is 1. The van der Waals surface area contributed by atoms with Gasteiger partial charge in [-0.05, 0) is 81.1 Å². The minimum atomic E-state index is -3.58. The van der Waals surface area contributed by atoms with Crippen LogP contribution in [0.5, 0.6) is 5.75 Å². The van der Waals surface area contributed by atoms with E-state index in [1.54, 1.807) is 25.3 Å². The van der Waals surface area contributed by atoms with E-state index in [0.717, 1.165) is 51.1 Å². The van der Waals surface area contributed by atoms with Gasteiger partial charge >= 0.3 is 0 Å². The van der Waals surface area contributed by atoms with Gasteiger partial charge in [-0.15, -0.1) is 0 Å². The Bertz CT molecular complexity index is 1010. The number of fused-ring (bicyclic) bond motifs is 1. The summed E-state index contributed by atoms with van der Waals surface area (Å²) in [5.74, 6) is 1.45. The monoisotopic (exact) mass is 442 g/mol. The third-order valence-electron chi connectivity index (χ3n) is 6.40. The molecule has 0 aliphatic carbocycles. The predicted octanol–water partition coefficient (Wildman–Crippen LogP) is 3.23. The van der Waals surface area contributed by atoms with Crippen molar-refractivity contribution in [2.45, 2.75) is 30.6 Å². The van der Waals surface area contributed by atoms with Crippen LogP contribution in [-0.4, -0.2) is 63.2 Å². The number of rotatable bonds is 7. The molecule has 7 heteroatoms. The maximum atomic E-state index is 12.8. The van der Waals surface area contributed by atoms with Gasteiger partial charge in [0.15, 0.2) is 5.78 Å². The zero-order valence-electron chi connectivity index (χ0n) is 18.0. The molecule has 0 atom stereocenters. The Labute approximate surface area is 184 Å². The van der Waals surface area contributed by atoms with Gasteiger partial charge in [0.2, 0.25) is 10.0 Å². The molecular formula is C24H30N2O4S. The Kier molecular flexibility index (Phi) is 6.74. The smallest absolute Gasteiger partial charge is 0.244 e.